The molecule has 2 fully saturated rings. The summed E-state index contributed by atoms with van der Waals surface area (Å²) < 4.78 is 8.01. The average Bonchev–Trinajstić information content (AvgIpc) is 3.22. The van der Waals surface area contributed by atoms with Gasteiger partial charge in [0.25, 0.3) is 0 Å². The zero-order chi connectivity index (χ0) is 23.6. The molecule has 7 nitrogen and oxygen atoms in total. The first-order chi connectivity index (χ1) is 15.8. The second-order valence-corrected chi connectivity index (χ2v) is 16.1. The fraction of sp³-hybridized carbons (Fsp3) is 0.560. The average molecular weight is 470 g/mol. The Hall–Kier alpha value is -2.45. The smallest absolute Gasteiger partial charge is 0.333 e. The second-order valence-electron chi connectivity index (χ2n) is 10.5. The molecule has 1 aliphatic carbocycles. The highest BCUT2D eigenvalue weighted by atomic mass is 28.3. The van der Waals surface area contributed by atoms with Crippen LogP contribution in [0.25, 0.3) is 10.9 Å². The van der Waals surface area contributed by atoms with Crippen LogP contribution in [0.3, 0.4) is 0 Å². The number of carbonyl (C=O) groups excluding carboxylic acids is 3. The summed E-state index contributed by atoms with van der Waals surface area (Å²) in [7, 11) is -1.24. The van der Waals surface area contributed by atoms with E-state index in [2.05, 4.69) is 42.5 Å². The molecule has 2 aliphatic rings. The van der Waals surface area contributed by atoms with Crippen LogP contribution in [0.5, 0.6) is 0 Å². The highest BCUT2D eigenvalue weighted by molar-refractivity contribution is 6.76. The molecule has 1 saturated carbocycles. The number of rotatable bonds is 8. The Morgan fingerprint density at radius 1 is 1.09 bits per heavy atom. The lowest BCUT2D eigenvalue weighted by Gasteiger charge is -2.34. The summed E-state index contributed by atoms with van der Waals surface area (Å²) in [5.41, 5.74) is 1.92. The summed E-state index contributed by atoms with van der Waals surface area (Å²) in [6.45, 7) is 7.77. The van der Waals surface area contributed by atoms with Crippen molar-refractivity contribution >= 4 is 42.9 Å². The molecular weight excluding hydrogens is 434 g/mol. The normalized spacial score (nSPS) is 22.3. The third kappa shape index (κ3) is 5.22. The molecule has 2 heterocycles. The predicted molar refractivity (Wildman–Crippen MR) is 132 cm³/mol. The van der Waals surface area contributed by atoms with Crippen molar-refractivity contribution in [3.63, 3.8) is 0 Å². The molecule has 0 atom stereocenters. The van der Waals surface area contributed by atoms with E-state index in [4.69, 9.17) is 4.74 Å². The summed E-state index contributed by atoms with van der Waals surface area (Å²) in [6, 6.07) is 9.12. The Labute approximate surface area is 196 Å². The van der Waals surface area contributed by atoms with Crippen LogP contribution in [0.4, 0.5) is 10.5 Å². The van der Waals surface area contributed by atoms with Crippen LogP contribution < -0.4 is 4.90 Å². The van der Waals surface area contributed by atoms with E-state index in [-0.39, 0.29) is 31.0 Å². The molecule has 0 unspecified atom stereocenters. The molecule has 4 rings (SSSR count). The maximum absolute atomic E-state index is 13.3. The molecule has 33 heavy (non-hydrogen) atoms. The maximum atomic E-state index is 13.3. The minimum Gasteiger partial charge on any atom is -0.361 e. The van der Waals surface area contributed by atoms with Gasteiger partial charge in [0, 0.05) is 51.2 Å². The van der Waals surface area contributed by atoms with Crippen LogP contribution in [0.2, 0.25) is 25.7 Å². The van der Waals surface area contributed by atoms with E-state index in [1.165, 1.54) is 4.90 Å². The lowest BCUT2D eigenvalue weighted by atomic mass is 9.87. The number of anilines is 1. The molecule has 1 aromatic carbocycles. The minimum atomic E-state index is -1.24. The van der Waals surface area contributed by atoms with Gasteiger partial charge < -0.3 is 14.1 Å². The number of imide groups is 1. The van der Waals surface area contributed by atoms with Gasteiger partial charge in [0.1, 0.15) is 13.0 Å². The summed E-state index contributed by atoms with van der Waals surface area (Å²) in [6.07, 6.45) is 7.28. The van der Waals surface area contributed by atoms with Crippen LogP contribution in [-0.2, 0) is 14.3 Å². The van der Waals surface area contributed by atoms with Gasteiger partial charge in [-0.3, -0.25) is 9.69 Å². The van der Waals surface area contributed by atoms with E-state index in [0.29, 0.717) is 19.2 Å². The summed E-state index contributed by atoms with van der Waals surface area (Å²) >= 11 is 0. The van der Waals surface area contributed by atoms with Gasteiger partial charge in [-0.15, -0.1) is 0 Å². The molecule has 1 saturated heterocycles. The van der Waals surface area contributed by atoms with E-state index in [1.54, 1.807) is 4.90 Å². The number of aldehydes is 1. The van der Waals surface area contributed by atoms with E-state index >= 15 is 0 Å². The monoisotopic (exact) mass is 469 g/mol. The third-order valence-corrected chi connectivity index (χ3v) is 8.59. The fourth-order valence-electron chi connectivity index (χ4n) is 4.82. The predicted octanol–water partition coefficient (Wildman–Crippen LogP) is 5.04. The number of amides is 3. The molecule has 8 heteroatoms. The number of ether oxygens (including phenoxy) is 1. The first-order valence-electron chi connectivity index (χ1n) is 12.0. The van der Waals surface area contributed by atoms with Gasteiger partial charge in [0.05, 0.1) is 11.2 Å². The fourth-order valence-corrected chi connectivity index (χ4v) is 5.57. The number of nitrogens with zero attached hydrogens (tertiary/aromatic N) is 3. The van der Waals surface area contributed by atoms with Crippen molar-refractivity contribution in [3.05, 3.63) is 30.5 Å². The Kier molecular flexibility index (Phi) is 7.04. The quantitative estimate of drug-likeness (QED) is 0.308. The maximum Gasteiger partial charge on any atom is 0.333 e. The van der Waals surface area contributed by atoms with Gasteiger partial charge in [0.15, 0.2) is 0 Å². The third-order valence-electron chi connectivity index (χ3n) is 6.89. The first-order valence-corrected chi connectivity index (χ1v) is 15.7. The number of benzene rings is 1. The van der Waals surface area contributed by atoms with Gasteiger partial charge in [0.2, 0.25) is 5.91 Å². The van der Waals surface area contributed by atoms with Crippen LogP contribution >= 0.6 is 0 Å². The zero-order valence-corrected chi connectivity index (χ0v) is 21.0. The molecule has 0 radical (unpaired) electrons. The van der Waals surface area contributed by atoms with Crippen molar-refractivity contribution < 1.29 is 19.1 Å². The van der Waals surface area contributed by atoms with Crippen molar-refractivity contribution in [1.29, 1.82) is 0 Å². The molecule has 1 aromatic heterocycles. The summed E-state index contributed by atoms with van der Waals surface area (Å²) in [4.78, 5) is 39.8. The van der Waals surface area contributed by atoms with E-state index in [9.17, 15) is 14.4 Å². The molecular formula is C25H35N3O4Si. The minimum absolute atomic E-state index is 0.00953. The Morgan fingerprint density at radius 2 is 1.85 bits per heavy atom. The summed E-state index contributed by atoms with van der Waals surface area (Å²) in [5.74, 6) is 0.00188. The highest BCUT2D eigenvalue weighted by Crippen LogP contribution is 2.37. The number of aromatic nitrogens is 1. The highest BCUT2D eigenvalue weighted by Gasteiger charge is 2.34. The van der Waals surface area contributed by atoms with Crippen molar-refractivity contribution in [2.45, 2.75) is 63.8 Å². The SMILES string of the molecule is C[Si](C)(C)CCOCN1C(=O)CCN(c2cccc3c2ccn3[C@H]2CC[C@H](C=O)CC2)C1=O. The molecule has 1 aliphatic heterocycles. The number of fused-ring (bicyclic) bond motifs is 1. The van der Waals surface area contributed by atoms with Gasteiger partial charge in [-0.25, -0.2) is 9.69 Å². The van der Waals surface area contributed by atoms with Gasteiger partial charge in [-0.2, -0.15) is 0 Å². The summed E-state index contributed by atoms with van der Waals surface area (Å²) in [5, 5.41) is 1.01. The van der Waals surface area contributed by atoms with Gasteiger partial charge >= 0.3 is 6.03 Å². The van der Waals surface area contributed by atoms with E-state index in [0.717, 1.165) is 54.6 Å². The number of carbonyl (C=O) groups is 3. The molecule has 0 spiro atoms. The van der Waals surface area contributed by atoms with Crippen molar-refractivity contribution in [2.24, 2.45) is 5.92 Å². The largest absolute Gasteiger partial charge is 0.361 e. The number of hydrogen-bond donors (Lipinski definition) is 0. The standard InChI is InChI=1S/C25H35N3O4Si/c1-33(2,3)16-15-32-18-28-24(30)12-14-27(25(28)31)23-6-4-5-22-21(23)11-13-26(22)20-9-7-19(17-29)8-10-20/h4-6,11,13,17,19-20H,7-10,12,14-16,18H2,1-3H3/t19-,20-. The Morgan fingerprint density at radius 3 is 2.55 bits per heavy atom. The molecule has 0 N–H and O–H groups in total. The van der Waals surface area contributed by atoms with Crippen LogP contribution in [0.15, 0.2) is 30.5 Å². The van der Waals surface area contributed by atoms with Gasteiger partial charge in [-0.1, -0.05) is 25.7 Å². The lowest BCUT2D eigenvalue weighted by Crippen LogP contribution is -2.53. The van der Waals surface area contributed by atoms with Crippen molar-refractivity contribution in [3.8, 4) is 0 Å². The second kappa shape index (κ2) is 9.81. The van der Waals surface area contributed by atoms with Crippen LogP contribution in [0, 0.1) is 5.92 Å². The molecule has 2 aromatic rings. The molecule has 3 amide bonds. The van der Waals surface area contributed by atoms with Crippen molar-refractivity contribution in [1.82, 2.24) is 9.47 Å². The molecule has 178 valence electrons. The first kappa shape index (κ1) is 23.7. The van der Waals surface area contributed by atoms with E-state index < -0.39 is 8.07 Å². The van der Waals surface area contributed by atoms with Crippen molar-refractivity contribution in [2.75, 3.05) is 24.8 Å². The number of urea groups is 1. The number of hydrogen-bond acceptors (Lipinski definition) is 4. The van der Waals surface area contributed by atoms with Crippen LogP contribution in [-0.4, -0.2) is 55.6 Å². The Bertz CT molecular complexity index is 1020. The van der Waals surface area contributed by atoms with Gasteiger partial charge in [-0.05, 0) is 49.9 Å². The lowest BCUT2D eigenvalue weighted by molar-refractivity contribution is -0.133. The van der Waals surface area contributed by atoms with Crippen LogP contribution in [0.1, 0.15) is 38.1 Å². The zero-order valence-electron chi connectivity index (χ0n) is 20.0. The Balaban J connectivity index is 1.51. The van der Waals surface area contributed by atoms with E-state index in [1.807, 2.05) is 12.1 Å². The molecule has 0 bridgehead atoms. The topological polar surface area (TPSA) is 71.8 Å².